The van der Waals surface area contributed by atoms with Gasteiger partial charge < -0.3 is 19.9 Å². The standard InChI is InChI=1S/C20H21FN6O.ClH/c1-28-15-4-5-18-19(8-15)27(11-14-3-2-13(9-22)10-24-14)20(25-18)26-7-6-16(21)17(23)12-26;/h2-5,8,10,16-17H,6-7,11-12,23H2,1H3;1H/t16-,17+;/m0./s1. The van der Waals surface area contributed by atoms with Crippen LogP contribution in [0.2, 0.25) is 0 Å². The van der Waals surface area contributed by atoms with Gasteiger partial charge in [0.1, 0.15) is 18.0 Å². The first kappa shape index (κ1) is 20.8. The van der Waals surface area contributed by atoms with Gasteiger partial charge in [-0.25, -0.2) is 9.37 Å². The predicted molar refractivity (Wildman–Crippen MR) is 111 cm³/mol. The number of fused-ring (bicyclic) bond motifs is 1. The van der Waals surface area contributed by atoms with E-state index in [2.05, 4.69) is 11.1 Å². The number of alkyl halides is 1. The minimum atomic E-state index is -0.991. The van der Waals surface area contributed by atoms with Crippen molar-refractivity contribution >= 4 is 29.4 Å². The molecule has 29 heavy (non-hydrogen) atoms. The first-order chi connectivity index (χ1) is 13.6. The van der Waals surface area contributed by atoms with Crippen molar-refractivity contribution in [2.45, 2.75) is 25.2 Å². The molecule has 0 aliphatic carbocycles. The van der Waals surface area contributed by atoms with Gasteiger partial charge in [0.15, 0.2) is 0 Å². The number of ether oxygens (including phenoxy) is 1. The molecule has 0 unspecified atom stereocenters. The van der Waals surface area contributed by atoms with E-state index < -0.39 is 12.2 Å². The molecule has 2 atom stereocenters. The number of aromatic nitrogens is 3. The number of anilines is 1. The first-order valence-electron chi connectivity index (χ1n) is 9.13. The molecule has 2 N–H and O–H groups in total. The van der Waals surface area contributed by atoms with Gasteiger partial charge in [-0.2, -0.15) is 5.26 Å². The molecule has 4 rings (SSSR count). The van der Waals surface area contributed by atoms with Gasteiger partial charge in [0.05, 0.1) is 42.0 Å². The van der Waals surface area contributed by atoms with Crippen molar-refractivity contribution in [3.63, 3.8) is 0 Å². The number of pyridine rings is 1. The number of nitrogens with zero attached hydrogens (tertiary/aromatic N) is 5. The lowest BCUT2D eigenvalue weighted by molar-refractivity contribution is 0.243. The van der Waals surface area contributed by atoms with Crippen molar-refractivity contribution < 1.29 is 9.13 Å². The van der Waals surface area contributed by atoms with Crippen molar-refractivity contribution in [3.8, 4) is 11.8 Å². The van der Waals surface area contributed by atoms with E-state index >= 15 is 0 Å². The molecule has 0 amide bonds. The highest BCUT2D eigenvalue weighted by atomic mass is 35.5. The molecule has 9 heteroatoms. The Hall–Kier alpha value is -2.89. The van der Waals surface area contributed by atoms with Crippen molar-refractivity contribution in [1.82, 2.24) is 14.5 Å². The van der Waals surface area contributed by atoms with Gasteiger partial charge in [0, 0.05) is 25.4 Å². The summed E-state index contributed by atoms with van der Waals surface area (Å²) < 4.78 is 21.3. The minimum Gasteiger partial charge on any atom is -0.497 e. The zero-order valence-corrected chi connectivity index (χ0v) is 16.8. The minimum absolute atomic E-state index is 0. The molecule has 1 saturated heterocycles. The van der Waals surface area contributed by atoms with E-state index in [1.165, 1.54) is 0 Å². The monoisotopic (exact) mass is 416 g/mol. The third-order valence-electron chi connectivity index (χ3n) is 5.06. The summed E-state index contributed by atoms with van der Waals surface area (Å²) in [4.78, 5) is 11.2. The van der Waals surface area contributed by atoms with Crippen LogP contribution in [0.3, 0.4) is 0 Å². The van der Waals surface area contributed by atoms with Crippen LogP contribution in [0.15, 0.2) is 36.5 Å². The van der Waals surface area contributed by atoms with Crippen molar-refractivity contribution in [2.24, 2.45) is 5.73 Å². The molecule has 0 saturated carbocycles. The lowest BCUT2D eigenvalue weighted by Gasteiger charge is -2.34. The molecular weight excluding hydrogens is 395 g/mol. The molecule has 3 aromatic rings. The third-order valence-corrected chi connectivity index (χ3v) is 5.06. The van der Waals surface area contributed by atoms with Gasteiger partial charge >= 0.3 is 0 Å². The summed E-state index contributed by atoms with van der Waals surface area (Å²) in [6.45, 7) is 1.42. The van der Waals surface area contributed by atoms with E-state index in [0.29, 0.717) is 31.6 Å². The molecule has 1 aliphatic rings. The van der Waals surface area contributed by atoms with Crippen LogP contribution in [0.1, 0.15) is 17.7 Å². The van der Waals surface area contributed by atoms with Crippen LogP contribution >= 0.6 is 12.4 Å². The number of hydrogen-bond donors (Lipinski definition) is 1. The molecule has 152 valence electrons. The number of methoxy groups -OCH3 is 1. The van der Waals surface area contributed by atoms with E-state index in [0.717, 1.165) is 28.4 Å². The Balaban J connectivity index is 0.00000240. The van der Waals surface area contributed by atoms with E-state index in [9.17, 15) is 4.39 Å². The fourth-order valence-corrected chi connectivity index (χ4v) is 3.50. The second-order valence-corrected chi connectivity index (χ2v) is 6.92. The van der Waals surface area contributed by atoms with Gasteiger partial charge in [-0.3, -0.25) is 4.98 Å². The van der Waals surface area contributed by atoms with Crippen molar-refractivity contribution in [3.05, 3.63) is 47.8 Å². The first-order valence-corrected chi connectivity index (χ1v) is 9.13. The maximum absolute atomic E-state index is 13.9. The SMILES string of the molecule is COc1ccc2nc(N3CC[C@H](F)[C@H](N)C3)n(Cc3ccc(C#N)cn3)c2c1.Cl. The van der Waals surface area contributed by atoms with E-state index in [1.807, 2.05) is 33.7 Å². The van der Waals surface area contributed by atoms with Crippen LogP contribution in [0.25, 0.3) is 11.0 Å². The molecule has 0 radical (unpaired) electrons. The van der Waals surface area contributed by atoms with Gasteiger partial charge in [0.25, 0.3) is 0 Å². The second-order valence-electron chi connectivity index (χ2n) is 6.92. The number of imidazole rings is 1. The number of hydrogen-bond acceptors (Lipinski definition) is 6. The number of piperidine rings is 1. The number of nitriles is 1. The fourth-order valence-electron chi connectivity index (χ4n) is 3.50. The van der Waals surface area contributed by atoms with Crippen molar-refractivity contribution in [2.75, 3.05) is 25.1 Å². The number of nitrogens with two attached hydrogens (primary N) is 1. The van der Waals surface area contributed by atoms with Gasteiger partial charge in [-0.05, 0) is 30.7 Å². The molecule has 1 fully saturated rings. The number of halogens is 2. The summed E-state index contributed by atoms with van der Waals surface area (Å²) >= 11 is 0. The van der Waals surface area contributed by atoms with E-state index in [-0.39, 0.29) is 12.4 Å². The average molecular weight is 417 g/mol. The van der Waals surface area contributed by atoms with Gasteiger partial charge in [-0.15, -0.1) is 12.4 Å². The molecule has 1 aromatic carbocycles. The van der Waals surface area contributed by atoms with Gasteiger partial charge in [0.2, 0.25) is 5.95 Å². The lowest BCUT2D eigenvalue weighted by atomic mass is 10.1. The van der Waals surface area contributed by atoms with Crippen LogP contribution in [-0.2, 0) is 6.54 Å². The fraction of sp³-hybridized carbons (Fsp3) is 0.350. The predicted octanol–water partition coefficient (Wildman–Crippen LogP) is 2.66. The summed E-state index contributed by atoms with van der Waals surface area (Å²) in [7, 11) is 1.62. The van der Waals surface area contributed by atoms with Crippen LogP contribution in [-0.4, -0.2) is 46.9 Å². The average Bonchev–Trinajstić information content (AvgIpc) is 3.08. The highest BCUT2D eigenvalue weighted by molar-refractivity contribution is 5.85. The maximum Gasteiger partial charge on any atom is 0.206 e. The highest BCUT2D eigenvalue weighted by Crippen LogP contribution is 2.29. The zero-order valence-electron chi connectivity index (χ0n) is 16.0. The molecular formula is C20H22ClFN6O. The largest absolute Gasteiger partial charge is 0.497 e. The number of rotatable bonds is 4. The molecule has 1 aliphatic heterocycles. The Labute approximate surface area is 174 Å². The van der Waals surface area contributed by atoms with Crippen molar-refractivity contribution in [1.29, 1.82) is 5.26 Å². The summed E-state index contributed by atoms with van der Waals surface area (Å²) in [5, 5.41) is 8.98. The van der Waals surface area contributed by atoms with E-state index in [4.69, 9.17) is 20.7 Å². The molecule has 2 aromatic heterocycles. The normalized spacial score (nSPS) is 18.9. The molecule has 7 nitrogen and oxygen atoms in total. The van der Waals surface area contributed by atoms with Crippen LogP contribution in [0, 0.1) is 11.3 Å². The summed E-state index contributed by atoms with van der Waals surface area (Å²) in [5.74, 6) is 1.46. The van der Waals surface area contributed by atoms with Crippen LogP contribution < -0.4 is 15.4 Å². The Bertz CT molecular complexity index is 1030. The molecule has 0 bridgehead atoms. The van der Waals surface area contributed by atoms with E-state index in [1.54, 1.807) is 19.4 Å². The number of benzene rings is 1. The van der Waals surface area contributed by atoms with Crippen LogP contribution in [0.5, 0.6) is 5.75 Å². The lowest BCUT2D eigenvalue weighted by Crippen LogP contribution is -2.50. The smallest absolute Gasteiger partial charge is 0.206 e. The molecule has 3 heterocycles. The third kappa shape index (κ3) is 4.11. The summed E-state index contributed by atoms with van der Waals surface area (Å²) in [6, 6.07) is 10.8. The quantitative estimate of drug-likeness (QED) is 0.702. The topological polar surface area (TPSA) is 93.0 Å². The maximum atomic E-state index is 13.9. The summed E-state index contributed by atoms with van der Waals surface area (Å²) in [6.07, 6.45) is 0.941. The molecule has 0 spiro atoms. The Morgan fingerprint density at radius 2 is 2.17 bits per heavy atom. The van der Waals surface area contributed by atoms with Gasteiger partial charge in [-0.1, -0.05) is 0 Å². The second kappa shape index (κ2) is 8.64. The Morgan fingerprint density at radius 3 is 2.83 bits per heavy atom. The zero-order chi connectivity index (χ0) is 19.7. The highest BCUT2D eigenvalue weighted by Gasteiger charge is 2.29. The Morgan fingerprint density at radius 1 is 1.34 bits per heavy atom. The summed E-state index contributed by atoms with van der Waals surface area (Å²) in [5.41, 5.74) is 8.99. The Kier molecular flexibility index (Phi) is 6.20. The van der Waals surface area contributed by atoms with Crippen LogP contribution in [0.4, 0.5) is 10.3 Å².